The number of fused-ring (bicyclic) bond motifs is 1. The van der Waals surface area contributed by atoms with Crippen molar-refractivity contribution in [2.75, 3.05) is 0 Å². The van der Waals surface area contributed by atoms with Gasteiger partial charge in [-0.05, 0) is 39.5 Å². The summed E-state index contributed by atoms with van der Waals surface area (Å²) in [6.07, 6.45) is 1.69. The summed E-state index contributed by atoms with van der Waals surface area (Å²) in [6, 6.07) is 9.21. The lowest BCUT2D eigenvalue weighted by Gasteiger charge is -1.98. The third-order valence-electron chi connectivity index (χ3n) is 2.88. The number of carbonyl (C=O) groups is 1. The fourth-order valence-electron chi connectivity index (χ4n) is 1.96. The van der Waals surface area contributed by atoms with Crippen molar-refractivity contribution in [3.63, 3.8) is 0 Å². The molecule has 0 aliphatic rings. The summed E-state index contributed by atoms with van der Waals surface area (Å²) in [5.74, 6) is -0.0159. The Balaban J connectivity index is 2.14. The van der Waals surface area contributed by atoms with Gasteiger partial charge < -0.3 is 4.98 Å². The Kier molecular flexibility index (Phi) is 2.97. The number of aromatic amines is 1. The number of aromatic nitrogens is 1. The maximum absolute atomic E-state index is 12.5. The number of rotatable bonds is 2. The molecule has 0 aliphatic carbocycles. The topological polar surface area (TPSA) is 56.6 Å². The van der Waals surface area contributed by atoms with Crippen LogP contribution in [0.15, 0.2) is 40.3 Å². The molecule has 92 valence electrons. The van der Waals surface area contributed by atoms with E-state index in [1.54, 1.807) is 24.4 Å². The number of carbonyl (C=O) groups excluding carboxylic acids is 1. The van der Waals surface area contributed by atoms with E-state index in [2.05, 4.69) is 27.0 Å². The molecule has 0 saturated heterocycles. The van der Waals surface area contributed by atoms with Crippen molar-refractivity contribution in [3.05, 3.63) is 56.3 Å². The molecule has 3 rings (SSSR count). The standard InChI is InChI=1S/C14H7BrN2OS/c15-11-3-4-19-14(11)13(18)10-7-17-12-5-8(6-16)1-2-9(10)12/h1-5,7,17H. The largest absolute Gasteiger partial charge is 0.360 e. The second-order valence-electron chi connectivity index (χ2n) is 4.00. The zero-order valence-corrected chi connectivity index (χ0v) is 12.0. The summed E-state index contributed by atoms with van der Waals surface area (Å²) in [6.45, 7) is 0. The molecule has 0 unspecified atom stereocenters. The first-order valence-corrected chi connectivity index (χ1v) is 7.17. The van der Waals surface area contributed by atoms with Gasteiger partial charge in [0.15, 0.2) is 0 Å². The number of thiophene rings is 1. The van der Waals surface area contributed by atoms with Crippen LogP contribution in [0, 0.1) is 11.3 Å². The minimum absolute atomic E-state index is 0.0159. The van der Waals surface area contributed by atoms with Gasteiger partial charge in [0, 0.05) is 27.1 Å². The Bertz CT molecular complexity index is 825. The highest BCUT2D eigenvalue weighted by Crippen LogP contribution is 2.28. The van der Waals surface area contributed by atoms with E-state index in [1.165, 1.54) is 11.3 Å². The van der Waals surface area contributed by atoms with Gasteiger partial charge in [-0.15, -0.1) is 11.3 Å². The Morgan fingerprint density at radius 3 is 2.89 bits per heavy atom. The summed E-state index contributed by atoms with van der Waals surface area (Å²) in [5, 5.41) is 11.6. The molecule has 0 bridgehead atoms. The molecule has 0 spiro atoms. The highest BCUT2D eigenvalue weighted by atomic mass is 79.9. The van der Waals surface area contributed by atoms with Crippen LogP contribution in [0.5, 0.6) is 0 Å². The average molecular weight is 331 g/mol. The van der Waals surface area contributed by atoms with E-state index in [0.29, 0.717) is 16.0 Å². The highest BCUT2D eigenvalue weighted by molar-refractivity contribution is 9.10. The van der Waals surface area contributed by atoms with Crippen molar-refractivity contribution in [2.45, 2.75) is 0 Å². The lowest BCUT2D eigenvalue weighted by Crippen LogP contribution is -1.97. The Morgan fingerprint density at radius 2 is 2.21 bits per heavy atom. The third-order valence-corrected chi connectivity index (χ3v) is 4.72. The normalized spacial score (nSPS) is 10.5. The van der Waals surface area contributed by atoms with Gasteiger partial charge in [-0.3, -0.25) is 4.79 Å². The van der Waals surface area contributed by atoms with E-state index in [0.717, 1.165) is 15.4 Å². The Hall–Kier alpha value is -1.90. The first kappa shape index (κ1) is 12.2. The molecular weight excluding hydrogens is 324 g/mol. The summed E-state index contributed by atoms with van der Waals surface area (Å²) < 4.78 is 0.811. The second-order valence-corrected chi connectivity index (χ2v) is 5.77. The number of ketones is 1. The minimum atomic E-state index is -0.0159. The summed E-state index contributed by atoms with van der Waals surface area (Å²) in [4.78, 5) is 16.2. The molecule has 3 nitrogen and oxygen atoms in total. The van der Waals surface area contributed by atoms with E-state index >= 15 is 0 Å². The Morgan fingerprint density at radius 1 is 1.37 bits per heavy atom. The lowest BCUT2D eigenvalue weighted by molar-refractivity contribution is 0.104. The molecule has 0 saturated carbocycles. The average Bonchev–Trinajstić information content (AvgIpc) is 3.03. The number of hydrogen-bond acceptors (Lipinski definition) is 3. The molecule has 0 atom stereocenters. The van der Waals surface area contributed by atoms with Gasteiger partial charge in [-0.1, -0.05) is 6.07 Å². The van der Waals surface area contributed by atoms with Crippen LogP contribution in [0.25, 0.3) is 10.9 Å². The summed E-state index contributed by atoms with van der Waals surface area (Å²) in [7, 11) is 0. The molecule has 19 heavy (non-hydrogen) atoms. The summed E-state index contributed by atoms with van der Waals surface area (Å²) >= 11 is 4.79. The van der Waals surface area contributed by atoms with E-state index in [4.69, 9.17) is 5.26 Å². The highest BCUT2D eigenvalue weighted by Gasteiger charge is 2.17. The van der Waals surface area contributed by atoms with Gasteiger partial charge in [0.05, 0.1) is 16.5 Å². The molecule has 0 aliphatic heterocycles. The quantitative estimate of drug-likeness (QED) is 0.719. The van der Waals surface area contributed by atoms with Gasteiger partial charge in [-0.25, -0.2) is 0 Å². The number of nitriles is 1. The predicted octanol–water partition coefficient (Wildman–Crippen LogP) is 4.09. The van der Waals surface area contributed by atoms with Crippen LogP contribution >= 0.6 is 27.3 Å². The molecule has 2 heterocycles. The molecule has 0 radical (unpaired) electrons. The summed E-state index contributed by atoms with van der Waals surface area (Å²) in [5.41, 5.74) is 2.00. The second kappa shape index (κ2) is 4.65. The van der Waals surface area contributed by atoms with Crippen molar-refractivity contribution in [2.24, 2.45) is 0 Å². The number of nitrogens with one attached hydrogen (secondary N) is 1. The fraction of sp³-hybridized carbons (Fsp3) is 0. The van der Waals surface area contributed by atoms with Crippen molar-refractivity contribution in [3.8, 4) is 6.07 Å². The van der Waals surface area contributed by atoms with Crippen LogP contribution in [0.2, 0.25) is 0 Å². The van der Waals surface area contributed by atoms with Gasteiger partial charge in [0.2, 0.25) is 5.78 Å². The third kappa shape index (κ3) is 1.99. The maximum Gasteiger partial charge on any atom is 0.206 e. The van der Waals surface area contributed by atoms with Crippen LogP contribution in [-0.2, 0) is 0 Å². The zero-order valence-electron chi connectivity index (χ0n) is 9.61. The molecule has 2 aromatic heterocycles. The molecule has 3 aromatic rings. The molecule has 5 heteroatoms. The first-order chi connectivity index (χ1) is 9.20. The van der Waals surface area contributed by atoms with Crippen molar-refractivity contribution in [1.29, 1.82) is 5.26 Å². The number of hydrogen-bond donors (Lipinski definition) is 1. The van der Waals surface area contributed by atoms with Crippen LogP contribution < -0.4 is 0 Å². The number of H-pyrrole nitrogens is 1. The monoisotopic (exact) mass is 330 g/mol. The Labute approximate surface area is 121 Å². The van der Waals surface area contributed by atoms with Gasteiger partial charge >= 0.3 is 0 Å². The number of benzene rings is 1. The van der Waals surface area contributed by atoms with E-state index in [9.17, 15) is 4.79 Å². The SMILES string of the molecule is N#Cc1ccc2c(C(=O)c3sccc3Br)c[nH]c2c1. The van der Waals surface area contributed by atoms with Crippen LogP contribution in [0.3, 0.4) is 0 Å². The van der Waals surface area contributed by atoms with E-state index in [1.807, 2.05) is 11.4 Å². The van der Waals surface area contributed by atoms with E-state index < -0.39 is 0 Å². The van der Waals surface area contributed by atoms with Crippen LogP contribution in [0.4, 0.5) is 0 Å². The van der Waals surface area contributed by atoms with Gasteiger partial charge in [0.1, 0.15) is 0 Å². The molecule has 1 N–H and O–H groups in total. The molecule has 1 aromatic carbocycles. The van der Waals surface area contributed by atoms with Gasteiger partial charge in [0.25, 0.3) is 0 Å². The molecule has 0 fully saturated rings. The smallest absolute Gasteiger partial charge is 0.206 e. The molecule has 0 amide bonds. The fourth-order valence-corrected chi connectivity index (χ4v) is 3.47. The van der Waals surface area contributed by atoms with E-state index in [-0.39, 0.29) is 5.78 Å². The number of halogens is 1. The molecular formula is C14H7BrN2OS. The zero-order chi connectivity index (χ0) is 13.4. The minimum Gasteiger partial charge on any atom is -0.360 e. The van der Waals surface area contributed by atoms with Crippen LogP contribution in [0.1, 0.15) is 20.8 Å². The lowest BCUT2D eigenvalue weighted by atomic mass is 10.1. The van der Waals surface area contributed by atoms with Gasteiger partial charge in [-0.2, -0.15) is 5.26 Å². The first-order valence-electron chi connectivity index (χ1n) is 5.49. The maximum atomic E-state index is 12.5. The predicted molar refractivity (Wildman–Crippen MR) is 78.5 cm³/mol. The number of nitrogens with zero attached hydrogens (tertiary/aromatic N) is 1. The van der Waals surface area contributed by atoms with Crippen LogP contribution in [-0.4, -0.2) is 10.8 Å². The van der Waals surface area contributed by atoms with Crippen molar-refractivity contribution in [1.82, 2.24) is 4.98 Å². The van der Waals surface area contributed by atoms with Crippen molar-refractivity contribution < 1.29 is 4.79 Å². The van der Waals surface area contributed by atoms with Crippen molar-refractivity contribution >= 4 is 44.0 Å².